The van der Waals surface area contributed by atoms with Crippen LogP contribution >= 0.6 is 0 Å². The number of anilines is 1. The number of carbonyl (C=O) groups is 1. The van der Waals surface area contributed by atoms with E-state index in [4.69, 9.17) is 5.41 Å². The monoisotopic (exact) mass is 531 g/mol. The van der Waals surface area contributed by atoms with Gasteiger partial charge in [0.25, 0.3) is 15.9 Å². The molecule has 202 valence electrons. The Morgan fingerprint density at radius 2 is 1.95 bits per heavy atom. The molecular weight excluding hydrogens is 494 g/mol. The van der Waals surface area contributed by atoms with Crippen molar-refractivity contribution in [2.24, 2.45) is 10.4 Å². The zero-order chi connectivity index (χ0) is 28.0. The van der Waals surface area contributed by atoms with Crippen molar-refractivity contribution in [2.75, 3.05) is 18.6 Å². The zero-order valence-corrected chi connectivity index (χ0v) is 23.1. The van der Waals surface area contributed by atoms with Crippen LogP contribution in [0.3, 0.4) is 0 Å². The number of sulfonamides is 1. The Balaban J connectivity index is 2.51. The van der Waals surface area contributed by atoms with Gasteiger partial charge in [0.2, 0.25) is 5.96 Å². The molecule has 1 atom stereocenters. The van der Waals surface area contributed by atoms with Crippen molar-refractivity contribution in [1.82, 2.24) is 19.6 Å². The number of hydrogen-bond acceptors (Lipinski definition) is 8. The second-order valence-corrected chi connectivity index (χ2v) is 11.9. The lowest BCUT2D eigenvalue weighted by Crippen LogP contribution is -2.44. The van der Waals surface area contributed by atoms with E-state index >= 15 is 0 Å². The third-order valence-corrected chi connectivity index (χ3v) is 7.02. The molecule has 2 aromatic rings. The highest BCUT2D eigenvalue weighted by atomic mass is 32.2. The molecular formula is C25H37N7O4S. The Bertz CT molecular complexity index is 1230. The third kappa shape index (κ3) is 8.32. The predicted octanol–water partition coefficient (Wildman–Crippen LogP) is 2.67. The van der Waals surface area contributed by atoms with Crippen LogP contribution in [-0.2, 0) is 16.6 Å². The van der Waals surface area contributed by atoms with E-state index in [9.17, 15) is 18.3 Å². The van der Waals surface area contributed by atoms with Gasteiger partial charge in [-0.15, -0.1) is 0 Å². The number of rotatable bonds is 10. The smallest absolute Gasteiger partial charge is 0.264 e. The predicted molar refractivity (Wildman–Crippen MR) is 144 cm³/mol. The number of nitrogens with zero attached hydrogens (tertiary/aromatic N) is 5. The summed E-state index contributed by atoms with van der Waals surface area (Å²) in [4.78, 5) is 29.3. The maximum absolute atomic E-state index is 13.8. The number of aliphatic imine (C=N–C) groups is 1. The average Bonchev–Trinajstić information content (AvgIpc) is 2.84. The van der Waals surface area contributed by atoms with Crippen molar-refractivity contribution < 1.29 is 18.3 Å². The number of hydrogen-bond donors (Lipinski definition) is 3. The van der Waals surface area contributed by atoms with Gasteiger partial charge in [-0.05, 0) is 56.7 Å². The van der Waals surface area contributed by atoms with Crippen LogP contribution in [0.25, 0.3) is 0 Å². The molecule has 0 aliphatic heterocycles. The number of aromatic nitrogens is 2. The summed E-state index contributed by atoms with van der Waals surface area (Å²) >= 11 is 0. The van der Waals surface area contributed by atoms with E-state index in [0.29, 0.717) is 18.1 Å². The zero-order valence-electron chi connectivity index (χ0n) is 22.3. The van der Waals surface area contributed by atoms with Crippen LogP contribution in [0.1, 0.15) is 57.2 Å². The number of nitrogens with one attached hydrogen (secondary N) is 2. The topological polar surface area (TPSA) is 152 Å². The molecule has 37 heavy (non-hydrogen) atoms. The van der Waals surface area contributed by atoms with Gasteiger partial charge in [0.15, 0.2) is 0 Å². The number of amides is 1. The maximum Gasteiger partial charge on any atom is 0.264 e. The molecule has 1 aromatic carbocycles. The first-order valence-electron chi connectivity index (χ1n) is 11.8. The molecule has 11 nitrogen and oxygen atoms in total. The summed E-state index contributed by atoms with van der Waals surface area (Å²) in [6.45, 7) is 12.9. The van der Waals surface area contributed by atoms with Gasteiger partial charge >= 0.3 is 0 Å². The molecule has 0 aliphatic carbocycles. The van der Waals surface area contributed by atoms with Crippen LogP contribution in [0.5, 0.6) is 0 Å². The van der Waals surface area contributed by atoms with Crippen LogP contribution in [-0.4, -0.2) is 72.7 Å². The second kappa shape index (κ2) is 12.2. The normalized spacial score (nSPS) is 12.6. The fraction of sp³-hybridized carbons (Fsp3) is 0.480. The van der Waals surface area contributed by atoms with E-state index in [2.05, 4.69) is 21.7 Å². The Morgan fingerprint density at radius 1 is 1.27 bits per heavy atom. The van der Waals surface area contributed by atoms with Gasteiger partial charge in [0, 0.05) is 24.8 Å². The van der Waals surface area contributed by atoms with Crippen LogP contribution < -0.4 is 9.62 Å². The molecule has 0 saturated heterocycles. The van der Waals surface area contributed by atoms with Crippen LogP contribution in [0, 0.1) is 10.8 Å². The highest BCUT2D eigenvalue weighted by molar-refractivity contribution is 7.90. The molecule has 0 aliphatic rings. The summed E-state index contributed by atoms with van der Waals surface area (Å²) in [6.07, 6.45) is 2.11. The number of aliphatic hydroxyl groups excluding tert-OH is 1. The summed E-state index contributed by atoms with van der Waals surface area (Å²) in [5.74, 6) is -0.0290. The standard InChI is InChI=1S/C25H37N7O4S/c1-17(2)31(7)22-11-12-28-21(29-22)15-32(19(16-33)14-25(3,4)5)23(34)18-9-8-10-20(13-18)37(35,36)30-24(26)27-6/h8-13,17,19,33H,6,14-16H2,1-5,7H3,(H2,26,30)/t19-/m1/s1. The molecule has 0 saturated carbocycles. The van der Waals surface area contributed by atoms with E-state index in [1.54, 1.807) is 12.3 Å². The number of carbonyl (C=O) groups excluding carboxylic acids is 1. The minimum absolute atomic E-state index is 0.0141. The molecule has 0 spiro atoms. The number of benzene rings is 1. The van der Waals surface area contributed by atoms with E-state index < -0.39 is 27.9 Å². The van der Waals surface area contributed by atoms with E-state index in [-0.39, 0.29) is 35.1 Å². The first-order valence-corrected chi connectivity index (χ1v) is 13.3. The molecule has 0 bridgehead atoms. The molecule has 2 rings (SSSR count). The van der Waals surface area contributed by atoms with Crippen LogP contribution in [0.15, 0.2) is 46.4 Å². The van der Waals surface area contributed by atoms with E-state index in [0.717, 1.165) is 0 Å². The Labute approximate surface area is 219 Å². The molecule has 3 N–H and O–H groups in total. The van der Waals surface area contributed by atoms with Gasteiger partial charge in [-0.2, -0.15) is 0 Å². The molecule has 1 heterocycles. The van der Waals surface area contributed by atoms with Crippen molar-refractivity contribution in [1.29, 1.82) is 5.41 Å². The first-order chi connectivity index (χ1) is 17.2. The van der Waals surface area contributed by atoms with Gasteiger partial charge < -0.3 is 14.9 Å². The summed E-state index contributed by atoms with van der Waals surface area (Å²) in [5.41, 5.74) is -0.108. The molecule has 12 heteroatoms. The average molecular weight is 532 g/mol. The molecule has 0 radical (unpaired) electrons. The SMILES string of the molecule is C=NC(=N)NS(=O)(=O)c1cccc(C(=O)N(Cc2nccc(N(C)C(C)C)n2)[C@@H](CO)CC(C)(C)C)c1. The fourth-order valence-corrected chi connectivity index (χ4v) is 4.58. The summed E-state index contributed by atoms with van der Waals surface area (Å²) < 4.78 is 27.3. The lowest BCUT2D eigenvalue weighted by Gasteiger charge is -2.34. The maximum atomic E-state index is 13.8. The molecule has 1 amide bonds. The van der Waals surface area contributed by atoms with Crippen molar-refractivity contribution in [3.05, 3.63) is 47.9 Å². The second-order valence-electron chi connectivity index (χ2n) is 10.2. The van der Waals surface area contributed by atoms with Gasteiger partial charge in [0.05, 0.1) is 24.1 Å². The van der Waals surface area contributed by atoms with Gasteiger partial charge in [-0.1, -0.05) is 26.8 Å². The van der Waals surface area contributed by atoms with E-state index in [1.807, 2.05) is 51.3 Å². The largest absolute Gasteiger partial charge is 0.394 e. The third-order valence-electron chi connectivity index (χ3n) is 5.68. The van der Waals surface area contributed by atoms with Gasteiger partial charge in [-0.25, -0.2) is 28.1 Å². The van der Waals surface area contributed by atoms with Crippen molar-refractivity contribution in [2.45, 2.75) is 64.6 Å². The lowest BCUT2D eigenvalue weighted by molar-refractivity contribution is 0.0482. The molecule has 0 unspecified atom stereocenters. The first kappa shape index (κ1) is 29.8. The number of aliphatic hydroxyl groups is 1. The van der Waals surface area contributed by atoms with Crippen molar-refractivity contribution in [3.63, 3.8) is 0 Å². The summed E-state index contributed by atoms with van der Waals surface area (Å²) in [7, 11) is -2.23. The summed E-state index contributed by atoms with van der Waals surface area (Å²) in [5, 5.41) is 17.7. The van der Waals surface area contributed by atoms with Crippen molar-refractivity contribution in [3.8, 4) is 0 Å². The van der Waals surface area contributed by atoms with Crippen LogP contribution in [0.4, 0.5) is 5.82 Å². The molecule has 1 aromatic heterocycles. The quantitative estimate of drug-likeness (QED) is 0.315. The Hall–Kier alpha value is -3.38. The van der Waals surface area contributed by atoms with Crippen LogP contribution in [0.2, 0.25) is 0 Å². The lowest BCUT2D eigenvalue weighted by atomic mass is 9.87. The Morgan fingerprint density at radius 3 is 2.51 bits per heavy atom. The molecule has 0 fully saturated rings. The minimum atomic E-state index is -4.15. The van der Waals surface area contributed by atoms with E-state index in [1.165, 1.54) is 29.2 Å². The Kier molecular flexibility index (Phi) is 9.87. The highest BCUT2D eigenvalue weighted by Gasteiger charge is 2.30. The highest BCUT2D eigenvalue weighted by Crippen LogP contribution is 2.26. The minimum Gasteiger partial charge on any atom is -0.394 e. The fourth-order valence-electron chi connectivity index (χ4n) is 3.61. The van der Waals surface area contributed by atoms with Gasteiger partial charge in [0.1, 0.15) is 11.6 Å². The van der Waals surface area contributed by atoms with Gasteiger partial charge in [-0.3, -0.25) is 10.2 Å². The number of guanidine groups is 1. The van der Waals surface area contributed by atoms with Crippen molar-refractivity contribution >= 4 is 34.4 Å². The summed E-state index contributed by atoms with van der Waals surface area (Å²) in [6, 6.07) is 6.89.